The van der Waals surface area contributed by atoms with Gasteiger partial charge in [-0.3, -0.25) is 0 Å². The number of aromatic nitrogens is 3. The topological polar surface area (TPSA) is 125 Å². The van der Waals surface area contributed by atoms with Gasteiger partial charge in [0, 0.05) is 24.9 Å². The minimum absolute atomic E-state index is 0.0176. The molecule has 0 saturated carbocycles. The number of nitrogens with zero attached hydrogens (tertiary/aromatic N) is 5. The zero-order valence-electron chi connectivity index (χ0n) is 29.8. The highest BCUT2D eigenvalue weighted by molar-refractivity contribution is 5.90. The van der Waals surface area contributed by atoms with Gasteiger partial charge in [0.25, 0.3) is 0 Å². The quantitative estimate of drug-likeness (QED) is 0.130. The second-order valence-electron chi connectivity index (χ2n) is 11.8. The summed E-state index contributed by atoms with van der Waals surface area (Å²) in [4.78, 5) is 42.7. The van der Waals surface area contributed by atoms with E-state index in [0.717, 1.165) is 39.3 Å². The fraction of sp³-hybridized carbons (Fsp3) is 0.528. The van der Waals surface area contributed by atoms with E-state index in [4.69, 9.17) is 23.7 Å². The number of carbonyl (C=O) groups is 2. The van der Waals surface area contributed by atoms with Gasteiger partial charge in [-0.25, -0.2) is 9.59 Å². The maximum atomic E-state index is 12.8. The van der Waals surface area contributed by atoms with E-state index in [1.165, 1.54) is 7.11 Å². The van der Waals surface area contributed by atoms with Crippen LogP contribution in [0.15, 0.2) is 48.5 Å². The van der Waals surface area contributed by atoms with Crippen molar-refractivity contribution < 1.29 is 33.3 Å². The predicted octanol–water partition coefficient (Wildman–Crippen LogP) is 6.51. The van der Waals surface area contributed by atoms with E-state index in [9.17, 15) is 9.59 Å². The summed E-state index contributed by atoms with van der Waals surface area (Å²) in [6, 6.07) is 12.8. The van der Waals surface area contributed by atoms with Crippen LogP contribution in [0.5, 0.6) is 29.5 Å². The molecule has 0 spiro atoms. The van der Waals surface area contributed by atoms with Crippen molar-refractivity contribution in [3.63, 3.8) is 0 Å². The minimum atomic E-state index is -0.406. The van der Waals surface area contributed by atoms with Gasteiger partial charge in [-0.2, -0.15) is 0 Å². The van der Waals surface area contributed by atoms with Crippen LogP contribution in [0.3, 0.4) is 0 Å². The summed E-state index contributed by atoms with van der Waals surface area (Å²) < 4.78 is 28.3. The highest BCUT2D eigenvalue weighted by Crippen LogP contribution is 2.26. The first-order valence-corrected chi connectivity index (χ1v) is 16.7. The molecular weight excluding hydrogens is 614 g/mol. The summed E-state index contributed by atoms with van der Waals surface area (Å²) in [6.07, 6.45) is -0.481. The Balaban J connectivity index is 1.61. The van der Waals surface area contributed by atoms with Crippen molar-refractivity contribution >= 4 is 11.9 Å². The molecular formula is C36H51N5O7. The van der Waals surface area contributed by atoms with Crippen LogP contribution in [0.4, 0.5) is 0 Å². The van der Waals surface area contributed by atoms with Gasteiger partial charge >= 0.3 is 30.0 Å². The van der Waals surface area contributed by atoms with Crippen LogP contribution in [0.2, 0.25) is 0 Å². The average molecular weight is 666 g/mol. The standard InChI is InChI=1S/C36H51N5O7/c1-10-40(11-2)22-24(5)26(7)45-32(42)28-14-18-30(19-15-28)47-35-37-34(44-9)38-36(39-35)48-31-20-16-29(17-21-31)33(43)46-27(8)25(6)23-41(12-3)13-4/h14-21,24-27H,10-13,22-23H2,1-9H3. The summed E-state index contributed by atoms with van der Waals surface area (Å²) in [7, 11) is 1.41. The summed E-state index contributed by atoms with van der Waals surface area (Å²) in [5.74, 6) is 0.334. The van der Waals surface area contributed by atoms with Gasteiger partial charge in [-0.1, -0.05) is 41.5 Å². The molecule has 262 valence electrons. The van der Waals surface area contributed by atoms with Gasteiger partial charge in [0.15, 0.2) is 0 Å². The van der Waals surface area contributed by atoms with Gasteiger partial charge in [0.05, 0.1) is 18.2 Å². The Labute approximate surface area is 284 Å². The van der Waals surface area contributed by atoms with Crippen molar-refractivity contribution in [2.24, 2.45) is 11.8 Å². The second-order valence-corrected chi connectivity index (χ2v) is 11.8. The van der Waals surface area contributed by atoms with Gasteiger partial charge in [0.1, 0.15) is 23.7 Å². The molecule has 0 N–H and O–H groups in total. The first kappa shape index (κ1) is 38.2. The molecule has 0 amide bonds. The van der Waals surface area contributed by atoms with Gasteiger partial charge in [-0.05, 0) is 88.6 Å². The molecule has 3 rings (SSSR count). The fourth-order valence-electron chi connectivity index (χ4n) is 4.81. The molecule has 0 radical (unpaired) electrons. The maximum Gasteiger partial charge on any atom is 0.338 e. The Kier molecular flexibility index (Phi) is 15.0. The number of methoxy groups -OCH3 is 1. The van der Waals surface area contributed by atoms with Crippen molar-refractivity contribution in [2.45, 2.75) is 67.6 Å². The van der Waals surface area contributed by atoms with Gasteiger partial charge < -0.3 is 33.5 Å². The minimum Gasteiger partial charge on any atom is -0.467 e. The molecule has 4 atom stereocenters. The third-order valence-corrected chi connectivity index (χ3v) is 8.42. The lowest BCUT2D eigenvalue weighted by molar-refractivity contribution is 0.0163. The van der Waals surface area contributed by atoms with E-state index in [0.29, 0.717) is 22.6 Å². The molecule has 12 heteroatoms. The van der Waals surface area contributed by atoms with E-state index in [-0.39, 0.29) is 42.1 Å². The summed E-state index contributed by atoms with van der Waals surface area (Å²) in [5, 5.41) is 0. The van der Waals surface area contributed by atoms with Gasteiger partial charge in [0.2, 0.25) is 0 Å². The van der Waals surface area contributed by atoms with E-state index in [2.05, 4.69) is 66.3 Å². The van der Waals surface area contributed by atoms with Crippen LogP contribution in [0.25, 0.3) is 0 Å². The number of rotatable bonds is 19. The van der Waals surface area contributed by atoms with Crippen LogP contribution < -0.4 is 14.2 Å². The zero-order chi connectivity index (χ0) is 35.2. The lowest BCUT2D eigenvalue weighted by atomic mass is 10.1. The number of benzene rings is 2. The number of hydrogen-bond acceptors (Lipinski definition) is 12. The molecule has 0 aliphatic carbocycles. The largest absolute Gasteiger partial charge is 0.467 e. The van der Waals surface area contributed by atoms with Crippen LogP contribution in [-0.2, 0) is 9.47 Å². The van der Waals surface area contributed by atoms with Crippen molar-refractivity contribution in [1.29, 1.82) is 0 Å². The normalized spacial score (nSPS) is 13.8. The Bertz CT molecular complexity index is 1330. The molecule has 0 fully saturated rings. The Morgan fingerprint density at radius 2 is 0.917 bits per heavy atom. The molecule has 0 aliphatic rings. The van der Waals surface area contributed by atoms with Crippen LogP contribution >= 0.6 is 0 Å². The van der Waals surface area contributed by atoms with Gasteiger partial charge in [-0.15, -0.1) is 15.0 Å². The Morgan fingerprint density at radius 1 is 0.583 bits per heavy atom. The summed E-state index contributed by atoms with van der Waals surface area (Å²) in [6.45, 7) is 22.0. The molecule has 0 bridgehead atoms. The van der Waals surface area contributed by atoms with Crippen LogP contribution in [0, 0.1) is 11.8 Å². The first-order chi connectivity index (χ1) is 23.0. The molecule has 1 heterocycles. The Morgan fingerprint density at radius 3 is 1.23 bits per heavy atom. The van der Waals surface area contributed by atoms with Crippen LogP contribution in [-0.4, -0.2) is 95.3 Å². The van der Waals surface area contributed by atoms with E-state index in [1.54, 1.807) is 48.5 Å². The Hall–Kier alpha value is -4.29. The molecule has 3 aromatic rings. The van der Waals surface area contributed by atoms with Crippen molar-refractivity contribution in [3.8, 4) is 29.5 Å². The number of hydrogen-bond donors (Lipinski definition) is 0. The third-order valence-electron chi connectivity index (χ3n) is 8.42. The number of esters is 2. The van der Waals surface area contributed by atoms with E-state index < -0.39 is 11.9 Å². The number of ether oxygens (including phenoxy) is 5. The second kappa shape index (κ2) is 18.9. The third kappa shape index (κ3) is 11.4. The lowest BCUT2D eigenvalue weighted by Crippen LogP contribution is -2.34. The molecule has 1 aromatic heterocycles. The molecule has 2 aromatic carbocycles. The molecule has 48 heavy (non-hydrogen) atoms. The maximum absolute atomic E-state index is 12.8. The zero-order valence-corrected chi connectivity index (χ0v) is 29.8. The first-order valence-electron chi connectivity index (χ1n) is 16.7. The molecule has 4 unspecified atom stereocenters. The monoisotopic (exact) mass is 665 g/mol. The van der Waals surface area contributed by atoms with Crippen molar-refractivity contribution in [1.82, 2.24) is 24.8 Å². The van der Waals surface area contributed by atoms with Crippen molar-refractivity contribution in [2.75, 3.05) is 46.4 Å². The number of carbonyl (C=O) groups excluding carboxylic acids is 2. The predicted molar refractivity (Wildman–Crippen MR) is 183 cm³/mol. The summed E-state index contributed by atoms with van der Waals surface area (Å²) >= 11 is 0. The molecule has 0 aliphatic heterocycles. The molecule has 12 nitrogen and oxygen atoms in total. The highest BCUT2D eigenvalue weighted by Gasteiger charge is 2.21. The van der Waals surface area contributed by atoms with Crippen LogP contribution in [0.1, 0.15) is 76.1 Å². The lowest BCUT2D eigenvalue weighted by Gasteiger charge is -2.26. The highest BCUT2D eigenvalue weighted by atomic mass is 16.6. The fourth-order valence-corrected chi connectivity index (χ4v) is 4.81. The van der Waals surface area contributed by atoms with E-state index in [1.807, 2.05) is 13.8 Å². The smallest absolute Gasteiger partial charge is 0.338 e. The SMILES string of the molecule is CCN(CC)CC(C)C(C)OC(=O)c1ccc(Oc2nc(OC)nc(Oc3ccc(C(=O)OC(C)C(C)CN(CC)CC)cc3)n2)cc1. The summed E-state index contributed by atoms with van der Waals surface area (Å²) in [5.41, 5.74) is 0.801. The average Bonchev–Trinajstić information content (AvgIpc) is 3.09. The molecule has 0 saturated heterocycles. The van der Waals surface area contributed by atoms with E-state index >= 15 is 0 Å². The van der Waals surface area contributed by atoms with Crippen molar-refractivity contribution in [3.05, 3.63) is 59.7 Å².